The summed E-state index contributed by atoms with van der Waals surface area (Å²) in [5, 5.41) is 11.4. The second-order valence-corrected chi connectivity index (χ2v) is 10.5. The minimum atomic E-state index is -3.66. The molecule has 0 aliphatic carbocycles. The molecule has 0 atom stereocenters. The summed E-state index contributed by atoms with van der Waals surface area (Å²) in [6.07, 6.45) is 4.13. The van der Waals surface area contributed by atoms with Crippen molar-refractivity contribution in [2.45, 2.75) is 24.2 Å². The van der Waals surface area contributed by atoms with Crippen LogP contribution in [0.4, 0.5) is 11.4 Å². The van der Waals surface area contributed by atoms with Gasteiger partial charge in [0.2, 0.25) is 10.0 Å². The van der Waals surface area contributed by atoms with Gasteiger partial charge in [0.1, 0.15) is 0 Å². The van der Waals surface area contributed by atoms with E-state index in [4.69, 9.17) is 4.74 Å². The first-order valence-electron chi connectivity index (χ1n) is 11.8. The van der Waals surface area contributed by atoms with Gasteiger partial charge in [0, 0.05) is 26.2 Å². The van der Waals surface area contributed by atoms with Gasteiger partial charge in [0.25, 0.3) is 5.91 Å². The number of rotatable bonds is 6. The third-order valence-electron chi connectivity index (χ3n) is 6.23. The van der Waals surface area contributed by atoms with Gasteiger partial charge >= 0.3 is 0 Å². The van der Waals surface area contributed by atoms with E-state index in [0.717, 1.165) is 30.6 Å². The number of para-hydroxylation sites is 1. The highest BCUT2D eigenvalue weighted by atomic mass is 32.2. The van der Waals surface area contributed by atoms with Crippen molar-refractivity contribution in [3.63, 3.8) is 0 Å². The Morgan fingerprint density at radius 3 is 2.43 bits per heavy atom. The summed E-state index contributed by atoms with van der Waals surface area (Å²) in [6.45, 7) is 3.44. The lowest BCUT2D eigenvalue weighted by Gasteiger charge is -2.31. The van der Waals surface area contributed by atoms with Crippen molar-refractivity contribution in [1.82, 2.24) is 19.3 Å². The smallest absolute Gasteiger partial charge is 0.277 e. The molecule has 10 nitrogen and oxygen atoms in total. The molecule has 3 aromatic rings. The van der Waals surface area contributed by atoms with E-state index in [-0.39, 0.29) is 10.6 Å². The van der Waals surface area contributed by atoms with E-state index in [1.807, 2.05) is 30.3 Å². The van der Waals surface area contributed by atoms with Gasteiger partial charge in [-0.05, 0) is 43.2 Å². The van der Waals surface area contributed by atoms with Gasteiger partial charge in [-0.1, -0.05) is 24.6 Å². The van der Waals surface area contributed by atoms with Crippen LogP contribution in [0.2, 0.25) is 0 Å². The molecule has 1 aromatic heterocycles. The van der Waals surface area contributed by atoms with Gasteiger partial charge in [-0.15, -0.1) is 5.10 Å². The van der Waals surface area contributed by atoms with Crippen LogP contribution in [0.15, 0.2) is 59.6 Å². The van der Waals surface area contributed by atoms with Crippen LogP contribution in [0, 0.1) is 0 Å². The van der Waals surface area contributed by atoms with Crippen LogP contribution in [0.25, 0.3) is 5.69 Å². The number of amides is 1. The number of nitrogens with zero attached hydrogens (tertiary/aromatic N) is 5. The van der Waals surface area contributed by atoms with Crippen molar-refractivity contribution in [3.8, 4) is 5.69 Å². The Morgan fingerprint density at radius 2 is 1.69 bits per heavy atom. The number of nitrogens with one attached hydrogen (secondary N) is 1. The Morgan fingerprint density at radius 1 is 0.943 bits per heavy atom. The summed E-state index contributed by atoms with van der Waals surface area (Å²) >= 11 is 0. The number of sulfonamides is 1. The SMILES string of the molecule is O=C(Nc1cc(S(=O)(=O)N2CCCCC2)ccc1N1CCOCC1)c1cnn(-c2ccccc2)n1. The molecule has 5 rings (SSSR count). The molecule has 0 bridgehead atoms. The second-order valence-electron chi connectivity index (χ2n) is 8.55. The van der Waals surface area contributed by atoms with Crippen LogP contribution in [-0.2, 0) is 14.8 Å². The third kappa shape index (κ3) is 5.07. The van der Waals surface area contributed by atoms with Crippen LogP contribution < -0.4 is 10.2 Å². The number of piperidine rings is 1. The van der Waals surface area contributed by atoms with E-state index in [2.05, 4.69) is 20.4 Å². The number of hydrogen-bond donors (Lipinski definition) is 1. The fraction of sp³-hybridized carbons (Fsp3) is 0.375. The standard InChI is InChI=1S/C24H28N6O4S/c31-24(22-18-25-30(27-22)19-7-3-1-4-8-19)26-21-17-20(35(32,33)29-11-5-2-6-12-29)9-10-23(21)28-13-15-34-16-14-28/h1,3-4,7-10,17-18H,2,5-6,11-16H2,(H,26,31). The average molecular weight is 497 g/mol. The molecule has 0 spiro atoms. The van der Waals surface area contributed by atoms with Gasteiger partial charge < -0.3 is 15.0 Å². The number of carbonyl (C=O) groups excluding carboxylic acids is 1. The summed E-state index contributed by atoms with van der Waals surface area (Å²) in [7, 11) is -3.66. The summed E-state index contributed by atoms with van der Waals surface area (Å²) < 4.78 is 33.6. The van der Waals surface area contributed by atoms with Crippen LogP contribution in [0.3, 0.4) is 0 Å². The van der Waals surface area contributed by atoms with E-state index in [0.29, 0.717) is 45.1 Å². The normalized spacial score (nSPS) is 17.3. The first-order valence-corrected chi connectivity index (χ1v) is 13.2. The van der Waals surface area contributed by atoms with Crippen molar-refractivity contribution in [3.05, 3.63) is 60.4 Å². The Labute approximate surface area is 204 Å². The third-order valence-corrected chi connectivity index (χ3v) is 8.13. The Kier molecular flexibility index (Phi) is 6.80. The Hall–Kier alpha value is -3.28. The summed E-state index contributed by atoms with van der Waals surface area (Å²) in [5.41, 5.74) is 2.03. The Bertz CT molecular complexity index is 1280. The summed E-state index contributed by atoms with van der Waals surface area (Å²) in [4.78, 5) is 16.8. The molecule has 0 saturated carbocycles. The lowest BCUT2D eigenvalue weighted by atomic mass is 10.2. The zero-order chi connectivity index (χ0) is 24.3. The molecular weight excluding hydrogens is 468 g/mol. The van der Waals surface area contributed by atoms with Crippen LogP contribution in [-0.4, -0.2) is 73.0 Å². The molecule has 2 aliphatic heterocycles. The predicted octanol–water partition coefficient (Wildman–Crippen LogP) is 2.53. The molecule has 35 heavy (non-hydrogen) atoms. The zero-order valence-corrected chi connectivity index (χ0v) is 20.2. The van der Waals surface area contributed by atoms with Gasteiger partial charge in [-0.2, -0.15) is 14.2 Å². The number of hydrogen-bond acceptors (Lipinski definition) is 7. The fourth-order valence-corrected chi connectivity index (χ4v) is 5.89. The van der Waals surface area contributed by atoms with Gasteiger partial charge in [-0.3, -0.25) is 4.79 Å². The molecule has 184 valence electrons. The molecule has 2 saturated heterocycles. The van der Waals surface area contributed by atoms with Crippen molar-refractivity contribution in [1.29, 1.82) is 0 Å². The maximum absolute atomic E-state index is 13.3. The molecule has 1 amide bonds. The lowest BCUT2D eigenvalue weighted by Crippen LogP contribution is -2.37. The second kappa shape index (κ2) is 10.1. The van der Waals surface area contributed by atoms with Gasteiger partial charge in [0.15, 0.2) is 5.69 Å². The highest BCUT2D eigenvalue weighted by molar-refractivity contribution is 7.89. The van der Waals surface area contributed by atoms with Gasteiger partial charge in [-0.25, -0.2) is 8.42 Å². The molecule has 0 radical (unpaired) electrons. The molecule has 0 unspecified atom stereocenters. The maximum Gasteiger partial charge on any atom is 0.277 e. The summed E-state index contributed by atoms with van der Waals surface area (Å²) in [5.74, 6) is -0.464. The molecule has 11 heteroatoms. The monoisotopic (exact) mass is 496 g/mol. The quantitative estimate of drug-likeness (QED) is 0.558. The van der Waals surface area contributed by atoms with Crippen molar-refractivity contribution >= 4 is 27.3 Å². The number of benzene rings is 2. The lowest BCUT2D eigenvalue weighted by molar-refractivity contribution is 0.102. The Balaban J connectivity index is 1.45. The van der Waals surface area contributed by atoms with Crippen molar-refractivity contribution in [2.24, 2.45) is 0 Å². The van der Waals surface area contributed by atoms with E-state index in [9.17, 15) is 13.2 Å². The molecule has 3 heterocycles. The topological polar surface area (TPSA) is 110 Å². The molecule has 2 aliphatic rings. The minimum Gasteiger partial charge on any atom is -0.378 e. The number of ether oxygens (including phenoxy) is 1. The zero-order valence-electron chi connectivity index (χ0n) is 19.3. The molecular formula is C24H28N6O4S. The van der Waals surface area contributed by atoms with E-state index in [1.165, 1.54) is 15.3 Å². The first kappa shape index (κ1) is 23.5. The van der Waals surface area contributed by atoms with Gasteiger partial charge in [0.05, 0.1) is 41.4 Å². The molecule has 2 aromatic carbocycles. The highest BCUT2D eigenvalue weighted by Gasteiger charge is 2.28. The minimum absolute atomic E-state index is 0.131. The van der Waals surface area contributed by atoms with Crippen molar-refractivity contribution in [2.75, 3.05) is 49.6 Å². The van der Waals surface area contributed by atoms with Crippen molar-refractivity contribution < 1.29 is 17.9 Å². The first-order chi connectivity index (χ1) is 17.0. The number of morpholine rings is 1. The van der Waals surface area contributed by atoms with Crippen LogP contribution >= 0.6 is 0 Å². The maximum atomic E-state index is 13.3. The highest BCUT2D eigenvalue weighted by Crippen LogP contribution is 2.32. The summed E-state index contributed by atoms with van der Waals surface area (Å²) in [6, 6.07) is 14.2. The number of carbonyl (C=O) groups is 1. The average Bonchev–Trinajstić information content (AvgIpc) is 3.41. The number of aromatic nitrogens is 3. The predicted molar refractivity (Wildman–Crippen MR) is 131 cm³/mol. The number of anilines is 2. The van der Waals surface area contributed by atoms with Crippen LogP contribution in [0.1, 0.15) is 29.8 Å². The fourth-order valence-electron chi connectivity index (χ4n) is 4.35. The van der Waals surface area contributed by atoms with E-state index in [1.54, 1.807) is 18.2 Å². The molecule has 2 fully saturated rings. The van der Waals surface area contributed by atoms with Crippen LogP contribution in [0.5, 0.6) is 0 Å². The molecule has 1 N–H and O–H groups in total. The largest absolute Gasteiger partial charge is 0.378 e. The van der Waals surface area contributed by atoms with E-state index >= 15 is 0 Å². The van der Waals surface area contributed by atoms with E-state index < -0.39 is 15.9 Å².